The number of fused-ring (bicyclic) bond motifs is 1. The summed E-state index contributed by atoms with van der Waals surface area (Å²) in [7, 11) is 0. The van der Waals surface area contributed by atoms with E-state index in [1.807, 2.05) is 11.3 Å². The molecule has 3 rings (SSSR count). The van der Waals surface area contributed by atoms with Crippen LogP contribution in [-0.2, 0) is 0 Å². The first kappa shape index (κ1) is 11.2. The van der Waals surface area contributed by atoms with E-state index in [4.69, 9.17) is 0 Å². The molecule has 1 aromatic heterocycles. The predicted octanol–water partition coefficient (Wildman–Crippen LogP) is 3.99. The molecular weight excluding hydrogens is 226 g/mol. The summed E-state index contributed by atoms with van der Waals surface area (Å²) in [6.45, 7) is 6.79. The topological polar surface area (TPSA) is 12.0 Å². The van der Waals surface area contributed by atoms with Gasteiger partial charge in [-0.2, -0.15) is 0 Å². The third kappa shape index (κ3) is 2.00. The number of rotatable bonds is 1. The van der Waals surface area contributed by atoms with Crippen LogP contribution in [0.15, 0.2) is 18.2 Å². The highest BCUT2D eigenvalue weighted by atomic mass is 32.1. The molecule has 1 aromatic carbocycles. The van der Waals surface area contributed by atoms with Crippen LogP contribution >= 0.6 is 11.3 Å². The lowest BCUT2D eigenvalue weighted by atomic mass is 9.91. The Morgan fingerprint density at radius 3 is 2.94 bits per heavy atom. The number of thiophene rings is 1. The number of nitrogens with one attached hydrogen (secondary N) is 1. The molecule has 2 aromatic rings. The van der Waals surface area contributed by atoms with Crippen LogP contribution in [0.1, 0.15) is 34.8 Å². The van der Waals surface area contributed by atoms with E-state index < -0.39 is 0 Å². The van der Waals surface area contributed by atoms with Gasteiger partial charge in [0, 0.05) is 16.1 Å². The highest BCUT2D eigenvalue weighted by molar-refractivity contribution is 7.19. The number of piperidine rings is 1. The summed E-state index contributed by atoms with van der Waals surface area (Å²) < 4.78 is 1.46. The molecule has 1 aliphatic heterocycles. The van der Waals surface area contributed by atoms with Crippen molar-refractivity contribution in [1.29, 1.82) is 0 Å². The Bertz CT molecular complexity index is 535. The van der Waals surface area contributed by atoms with E-state index in [1.165, 1.54) is 45.5 Å². The van der Waals surface area contributed by atoms with Crippen LogP contribution in [0.3, 0.4) is 0 Å². The van der Waals surface area contributed by atoms with Gasteiger partial charge in [-0.1, -0.05) is 12.1 Å². The van der Waals surface area contributed by atoms with E-state index in [2.05, 4.69) is 37.4 Å². The van der Waals surface area contributed by atoms with Crippen LogP contribution in [0.2, 0.25) is 0 Å². The number of aryl methyl sites for hydroxylation is 2. The van der Waals surface area contributed by atoms with Gasteiger partial charge in [-0.15, -0.1) is 11.3 Å². The summed E-state index contributed by atoms with van der Waals surface area (Å²) in [6, 6.07) is 7.06. The molecule has 1 nitrogen and oxygen atoms in total. The van der Waals surface area contributed by atoms with Gasteiger partial charge in [0.2, 0.25) is 0 Å². The molecule has 0 radical (unpaired) electrons. The van der Waals surface area contributed by atoms with Gasteiger partial charge in [0.05, 0.1) is 0 Å². The molecule has 1 unspecified atom stereocenters. The van der Waals surface area contributed by atoms with Crippen LogP contribution in [-0.4, -0.2) is 13.1 Å². The minimum atomic E-state index is 0.718. The quantitative estimate of drug-likeness (QED) is 0.801. The average molecular weight is 245 g/mol. The van der Waals surface area contributed by atoms with Crippen molar-refractivity contribution in [1.82, 2.24) is 5.32 Å². The van der Waals surface area contributed by atoms with Crippen molar-refractivity contribution in [2.75, 3.05) is 13.1 Å². The fourth-order valence-electron chi connectivity index (χ4n) is 2.75. The standard InChI is InChI=1S/C15H19NS/c1-10-11(2)17-15-8-12(5-6-14(10)15)13-4-3-7-16-9-13/h5-6,8,13,16H,3-4,7,9H2,1-2H3. The SMILES string of the molecule is Cc1sc2cc(C3CCCNC3)ccc2c1C. The zero-order valence-electron chi connectivity index (χ0n) is 10.5. The molecule has 0 spiro atoms. The molecule has 1 atom stereocenters. The zero-order chi connectivity index (χ0) is 11.8. The number of benzene rings is 1. The van der Waals surface area contributed by atoms with Gasteiger partial charge in [0.15, 0.2) is 0 Å². The van der Waals surface area contributed by atoms with Gasteiger partial charge >= 0.3 is 0 Å². The summed E-state index contributed by atoms with van der Waals surface area (Å²) in [4.78, 5) is 1.46. The Kier molecular flexibility index (Phi) is 2.93. The first-order valence-corrected chi connectivity index (χ1v) is 7.28. The maximum Gasteiger partial charge on any atom is 0.0351 e. The summed E-state index contributed by atoms with van der Waals surface area (Å²) >= 11 is 1.94. The van der Waals surface area contributed by atoms with Crippen LogP contribution in [0.5, 0.6) is 0 Å². The monoisotopic (exact) mass is 245 g/mol. The van der Waals surface area contributed by atoms with E-state index in [0.717, 1.165) is 12.5 Å². The Morgan fingerprint density at radius 1 is 1.29 bits per heavy atom. The maximum atomic E-state index is 3.50. The molecule has 0 amide bonds. The molecule has 0 aliphatic carbocycles. The highest BCUT2D eigenvalue weighted by Crippen LogP contribution is 2.33. The van der Waals surface area contributed by atoms with Crippen LogP contribution in [0.4, 0.5) is 0 Å². The van der Waals surface area contributed by atoms with Crippen LogP contribution in [0.25, 0.3) is 10.1 Å². The fourth-order valence-corrected chi connectivity index (χ4v) is 3.87. The normalized spacial score (nSPS) is 20.9. The van der Waals surface area contributed by atoms with Crippen LogP contribution < -0.4 is 5.32 Å². The van der Waals surface area contributed by atoms with E-state index in [9.17, 15) is 0 Å². The lowest BCUT2D eigenvalue weighted by Crippen LogP contribution is -2.28. The number of hydrogen-bond donors (Lipinski definition) is 1. The van der Waals surface area contributed by atoms with E-state index in [1.54, 1.807) is 0 Å². The minimum Gasteiger partial charge on any atom is -0.316 e. The third-order valence-corrected chi connectivity index (χ3v) is 5.14. The predicted molar refractivity (Wildman–Crippen MR) is 76.1 cm³/mol. The van der Waals surface area contributed by atoms with Crippen molar-refractivity contribution in [3.63, 3.8) is 0 Å². The van der Waals surface area contributed by atoms with Gasteiger partial charge in [0.25, 0.3) is 0 Å². The summed E-state index contributed by atoms with van der Waals surface area (Å²) in [5.74, 6) is 0.718. The lowest BCUT2D eigenvalue weighted by Gasteiger charge is -2.23. The van der Waals surface area contributed by atoms with Crippen molar-refractivity contribution in [2.24, 2.45) is 0 Å². The average Bonchev–Trinajstić information content (AvgIpc) is 2.66. The zero-order valence-corrected chi connectivity index (χ0v) is 11.4. The molecule has 90 valence electrons. The molecule has 1 fully saturated rings. The van der Waals surface area contributed by atoms with Crippen molar-refractivity contribution >= 4 is 21.4 Å². The molecule has 0 saturated carbocycles. The first-order valence-electron chi connectivity index (χ1n) is 6.46. The smallest absolute Gasteiger partial charge is 0.0351 e. The number of hydrogen-bond acceptors (Lipinski definition) is 2. The summed E-state index contributed by atoms with van der Waals surface area (Å²) in [5.41, 5.74) is 2.98. The molecular formula is C15H19NS. The summed E-state index contributed by atoms with van der Waals surface area (Å²) in [6.07, 6.45) is 2.65. The Morgan fingerprint density at radius 2 is 2.18 bits per heavy atom. The largest absolute Gasteiger partial charge is 0.316 e. The fraction of sp³-hybridized carbons (Fsp3) is 0.467. The van der Waals surface area contributed by atoms with Gasteiger partial charge in [0.1, 0.15) is 0 Å². The molecule has 2 heteroatoms. The van der Waals surface area contributed by atoms with Crippen molar-refractivity contribution in [2.45, 2.75) is 32.6 Å². The van der Waals surface area contributed by atoms with Gasteiger partial charge < -0.3 is 5.32 Å². The second-order valence-corrected chi connectivity index (χ2v) is 6.34. The molecule has 0 bridgehead atoms. The van der Waals surface area contributed by atoms with Crippen molar-refractivity contribution in [3.8, 4) is 0 Å². The van der Waals surface area contributed by atoms with Gasteiger partial charge in [-0.3, -0.25) is 0 Å². The first-order chi connectivity index (χ1) is 8.25. The van der Waals surface area contributed by atoms with E-state index in [-0.39, 0.29) is 0 Å². The Balaban J connectivity index is 2.01. The van der Waals surface area contributed by atoms with Crippen molar-refractivity contribution < 1.29 is 0 Å². The molecule has 1 N–H and O–H groups in total. The highest BCUT2D eigenvalue weighted by Gasteiger charge is 2.16. The van der Waals surface area contributed by atoms with Gasteiger partial charge in [-0.05, 0) is 61.7 Å². The Labute approximate surface area is 107 Å². The second-order valence-electron chi connectivity index (χ2n) is 5.08. The maximum absolute atomic E-state index is 3.50. The van der Waals surface area contributed by atoms with Gasteiger partial charge in [-0.25, -0.2) is 0 Å². The lowest BCUT2D eigenvalue weighted by molar-refractivity contribution is 0.462. The van der Waals surface area contributed by atoms with Crippen LogP contribution in [0, 0.1) is 13.8 Å². The van der Waals surface area contributed by atoms with E-state index in [0.29, 0.717) is 0 Å². The molecule has 17 heavy (non-hydrogen) atoms. The molecule has 2 heterocycles. The molecule has 1 saturated heterocycles. The second kappa shape index (κ2) is 4.43. The minimum absolute atomic E-state index is 0.718. The third-order valence-electron chi connectivity index (χ3n) is 3.97. The summed E-state index contributed by atoms with van der Waals surface area (Å²) in [5, 5.41) is 4.95. The van der Waals surface area contributed by atoms with Crippen molar-refractivity contribution in [3.05, 3.63) is 34.2 Å². The Hall–Kier alpha value is -0.860. The van der Waals surface area contributed by atoms with E-state index >= 15 is 0 Å². The molecule has 1 aliphatic rings.